The zero-order valence-electron chi connectivity index (χ0n) is 9.79. The number of rotatable bonds is 3. The van der Waals surface area contributed by atoms with E-state index in [1.54, 1.807) is 13.1 Å². The Kier molecular flexibility index (Phi) is 3.13. The second kappa shape index (κ2) is 4.74. The van der Waals surface area contributed by atoms with Gasteiger partial charge in [0, 0.05) is 7.05 Å². The van der Waals surface area contributed by atoms with Gasteiger partial charge in [0.05, 0.1) is 17.8 Å². The Balaban J connectivity index is 2.18. The van der Waals surface area contributed by atoms with Crippen LogP contribution in [0, 0.1) is 0 Å². The highest BCUT2D eigenvalue weighted by Crippen LogP contribution is 2.25. The number of aromatic nitrogens is 3. The van der Waals surface area contributed by atoms with Crippen LogP contribution >= 0.6 is 0 Å². The summed E-state index contributed by atoms with van der Waals surface area (Å²) in [6.07, 6.45) is 1.37. The Hall–Kier alpha value is -2.57. The molecule has 94 valence electrons. The lowest BCUT2D eigenvalue weighted by molar-refractivity contribution is 0.0779. The monoisotopic (exact) mass is 247 g/mol. The molecule has 0 bridgehead atoms. The van der Waals surface area contributed by atoms with Crippen molar-refractivity contribution in [2.75, 3.05) is 12.8 Å². The summed E-state index contributed by atoms with van der Waals surface area (Å²) in [4.78, 5) is 17.4. The Morgan fingerprint density at radius 3 is 3.00 bits per heavy atom. The van der Waals surface area contributed by atoms with E-state index in [0.717, 1.165) is 0 Å². The SMILES string of the molecule is CN(Cc1ncn[nH]1)C(=O)c1cccc(N)c1O. The lowest BCUT2D eigenvalue weighted by atomic mass is 10.1. The van der Waals surface area contributed by atoms with Crippen LogP contribution in [0.4, 0.5) is 5.69 Å². The van der Waals surface area contributed by atoms with E-state index in [0.29, 0.717) is 5.82 Å². The summed E-state index contributed by atoms with van der Waals surface area (Å²) in [5.41, 5.74) is 5.88. The molecule has 4 N–H and O–H groups in total. The molecule has 1 heterocycles. The molecule has 7 heteroatoms. The third kappa shape index (κ3) is 2.24. The predicted octanol–water partition coefficient (Wildman–Crippen LogP) is 0.365. The molecular weight excluding hydrogens is 234 g/mol. The van der Waals surface area contributed by atoms with Crippen LogP contribution in [0.15, 0.2) is 24.5 Å². The topological polar surface area (TPSA) is 108 Å². The summed E-state index contributed by atoms with van der Waals surface area (Å²) in [7, 11) is 1.60. The third-order valence-electron chi connectivity index (χ3n) is 2.50. The molecule has 0 atom stereocenters. The number of carbonyl (C=O) groups is 1. The number of nitrogens with two attached hydrogens (primary N) is 1. The van der Waals surface area contributed by atoms with Gasteiger partial charge >= 0.3 is 0 Å². The summed E-state index contributed by atoms with van der Waals surface area (Å²) in [5.74, 6) is 0.0253. The molecule has 1 aromatic carbocycles. The zero-order valence-corrected chi connectivity index (χ0v) is 9.79. The van der Waals surface area contributed by atoms with E-state index < -0.39 is 0 Å². The van der Waals surface area contributed by atoms with Crippen LogP contribution in [0.3, 0.4) is 0 Å². The number of hydrogen-bond acceptors (Lipinski definition) is 5. The van der Waals surface area contributed by atoms with Crippen LogP contribution in [0.5, 0.6) is 5.75 Å². The lowest BCUT2D eigenvalue weighted by Gasteiger charge is -2.16. The average molecular weight is 247 g/mol. The van der Waals surface area contributed by atoms with E-state index in [1.807, 2.05) is 0 Å². The Bertz CT molecular complexity index is 553. The molecule has 0 radical (unpaired) electrons. The van der Waals surface area contributed by atoms with E-state index in [4.69, 9.17) is 5.73 Å². The van der Waals surface area contributed by atoms with Gasteiger partial charge in [0.15, 0.2) is 5.75 Å². The molecule has 0 saturated heterocycles. The Morgan fingerprint density at radius 1 is 1.56 bits per heavy atom. The van der Waals surface area contributed by atoms with Crippen LogP contribution in [-0.2, 0) is 6.54 Å². The van der Waals surface area contributed by atoms with Crippen LogP contribution in [0.1, 0.15) is 16.2 Å². The molecule has 0 aliphatic rings. The summed E-state index contributed by atoms with van der Waals surface area (Å²) in [5, 5.41) is 16.1. The molecule has 0 saturated carbocycles. The number of phenols is 1. The van der Waals surface area contributed by atoms with Crippen LogP contribution in [0.25, 0.3) is 0 Å². The number of nitrogens with one attached hydrogen (secondary N) is 1. The summed E-state index contributed by atoms with van der Waals surface area (Å²) in [6, 6.07) is 4.66. The van der Waals surface area contributed by atoms with Gasteiger partial charge in [0.25, 0.3) is 5.91 Å². The van der Waals surface area contributed by atoms with Gasteiger partial charge < -0.3 is 15.7 Å². The first kappa shape index (κ1) is 11.9. The number of hydrogen-bond donors (Lipinski definition) is 3. The van der Waals surface area contributed by atoms with Gasteiger partial charge in [-0.25, -0.2) is 4.98 Å². The quantitative estimate of drug-likeness (QED) is 0.536. The maximum atomic E-state index is 12.1. The fourth-order valence-corrected chi connectivity index (χ4v) is 1.54. The average Bonchev–Trinajstić information content (AvgIpc) is 2.84. The van der Waals surface area contributed by atoms with Gasteiger partial charge in [-0.15, -0.1) is 0 Å². The largest absolute Gasteiger partial charge is 0.505 e. The number of para-hydroxylation sites is 1. The number of nitrogen functional groups attached to an aromatic ring is 1. The number of phenolic OH excluding ortho intramolecular Hbond substituents is 1. The van der Waals surface area contributed by atoms with Gasteiger partial charge in [-0.05, 0) is 12.1 Å². The van der Waals surface area contributed by atoms with Crippen molar-refractivity contribution >= 4 is 11.6 Å². The van der Waals surface area contributed by atoms with E-state index in [2.05, 4.69) is 15.2 Å². The molecule has 2 aromatic rings. The Morgan fingerprint density at radius 2 is 2.33 bits per heavy atom. The molecule has 0 fully saturated rings. The van der Waals surface area contributed by atoms with Crippen molar-refractivity contribution in [1.82, 2.24) is 20.1 Å². The van der Waals surface area contributed by atoms with E-state index >= 15 is 0 Å². The normalized spacial score (nSPS) is 10.3. The van der Waals surface area contributed by atoms with Crippen LogP contribution < -0.4 is 5.73 Å². The van der Waals surface area contributed by atoms with Crippen LogP contribution in [-0.4, -0.2) is 38.1 Å². The number of anilines is 1. The van der Waals surface area contributed by atoms with Crippen molar-refractivity contribution in [3.63, 3.8) is 0 Å². The molecule has 0 unspecified atom stereocenters. The molecule has 0 aliphatic heterocycles. The number of aromatic amines is 1. The molecule has 18 heavy (non-hydrogen) atoms. The van der Waals surface area contributed by atoms with E-state index in [1.165, 1.54) is 23.4 Å². The third-order valence-corrected chi connectivity index (χ3v) is 2.50. The summed E-state index contributed by atoms with van der Waals surface area (Å²) >= 11 is 0. The molecule has 0 spiro atoms. The molecule has 1 aromatic heterocycles. The molecule has 1 amide bonds. The minimum absolute atomic E-state index is 0.164. The highest BCUT2D eigenvalue weighted by molar-refractivity contribution is 5.98. The minimum Gasteiger partial charge on any atom is -0.505 e. The number of H-pyrrole nitrogens is 1. The highest BCUT2D eigenvalue weighted by atomic mass is 16.3. The van der Waals surface area contributed by atoms with E-state index in [9.17, 15) is 9.90 Å². The number of nitrogens with zero attached hydrogens (tertiary/aromatic N) is 3. The van der Waals surface area contributed by atoms with Crippen LogP contribution in [0.2, 0.25) is 0 Å². The highest BCUT2D eigenvalue weighted by Gasteiger charge is 2.17. The number of benzene rings is 1. The molecule has 7 nitrogen and oxygen atoms in total. The van der Waals surface area contributed by atoms with E-state index in [-0.39, 0.29) is 29.5 Å². The summed E-state index contributed by atoms with van der Waals surface area (Å²) < 4.78 is 0. The first-order valence-electron chi connectivity index (χ1n) is 5.26. The number of amides is 1. The fourth-order valence-electron chi connectivity index (χ4n) is 1.54. The first-order chi connectivity index (χ1) is 8.59. The molecule has 0 aliphatic carbocycles. The van der Waals surface area contributed by atoms with Gasteiger partial charge in [-0.2, -0.15) is 5.10 Å². The predicted molar refractivity (Wildman–Crippen MR) is 64.7 cm³/mol. The first-order valence-corrected chi connectivity index (χ1v) is 5.26. The number of aromatic hydroxyl groups is 1. The molecule has 2 rings (SSSR count). The second-order valence-electron chi connectivity index (χ2n) is 3.84. The van der Waals surface area contributed by atoms with Crippen molar-refractivity contribution in [3.05, 3.63) is 35.9 Å². The smallest absolute Gasteiger partial charge is 0.257 e. The van der Waals surface area contributed by atoms with Crippen molar-refractivity contribution in [2.24, 2.45) is 0 Å². The second-order valence-corrected chi connectivity index (χ2v) is 3.84. The van der Waals surface area contributed by atoms with Crippen molar-refractivity contribution < 1.29 is 9.90 Å². The number of carbonyl (C=O) groups excluding carboxylic acids is 1. The summed E-state index contributed by atoms with van der Waals surface area (Å²) in [6.45, 7) is 0.271. The van der Waals surface area contributed by atoms with Crippen molar-refractivity contribution in [3.8, 4) is 5.75 Å². The standard InChI is InChI=1S/C11H13N5O2/c1-16(5-9-13-6-14-15-9)11(18)7-3-2-4-8(12)10(7)17/h2-4,6,17H,5,12H2,1H3,(H,13,14,15). The van der Waals surface area contributed by atoms with Gasteiger partial charge in [-0.3, -0.25) is 9.89 Å². The maximum absolute atomic E-state index is 12.1. The zero-order chi connectivity index (χ0) is 13.1. The van der Waals surface area contributed by atoms with Crippen molar-refractivity contribution in [2.45, 2.75) is 6.54 Å². The molecular formula is C11H13N5O2. The maximum Gasteiger partial charge on any atom is 0.257 e. The fraction of sp³-hybridized carbons (Fsp3) is 0.182. The Labute approximate surface area is 103 Å². The minimum atomic E-state index is -0.337. The van der Waals surface area contributed by atoms with Gasteiger partial charge in [0.2, 0.25) is 0 Å². The lowest BCUT2D eigenvalue weighted by Crippen LogP contribution is -2.26. The van der Waals surface area contributed by atoms with Gasteiger partial charge in [0.1, 0.15) is 12.2 Å². The van der Waals surface area contributed by atoms with Crippen molar-refractivity contribution in [1.29, 1.82) is 0 Å². The van der Waals surface area contributed by atoms with Gasteiger partial charge in [-0.1, -0.05) is 6.07 Å².